The fraction of sp³-hybridized carbons (Fsp3) is 0.0612. The van der Waals surface area contributed by atoms with E-state index < -0.39 is 0 Å². The van der Waals surface area contributed by atoms with E-state index in [4.69, 9.17) is 0 Å². The highest BCUT2D eigenvalue weighted by Crippen LogP contribution is 2.62. The van der Waals surface area contributed by atoms with Crippen molar-refractivity contribution in [3.8, 4) is 22.3 Å². The van der Waals surface area contributed by atoms with Crippen LogP contribution in [0.1, 0.15) is 25.0 Å². The van der Waals surface area contributed by atoms with Crippen LogP contribution < -0.4 is 10.2 Å². The minimum absolute atomic E-state index is 0.117. The Morgan fingerprint density at radius 2 is 1.28 bits per heavy atom. The zero-order chi connectivity index (χ0) is 35.3. The van der Waals surface area contributed by atoms with Gasteiger partial charge >= 0.3 is 0 Å². The minimum atomic E-state index is -0.117. The van der Waals surface area contributed by atoms with Crippen molar-refractivity contribution in [3.63, 3.8) is 0 Å². The van der Waals surface area contributed by atoms with Crippen molar-refractivity contribution in [1.29, 1.82) is 0 Å². The number of hydrogen-bond acceptors (Lipinski definition) is 4. The zero-order valence-corrected chi connectivity index (χ0v) is 31.0. The third kappa shape index (κ3) is 4.59. The topological polar surface area (TPSA) is 15.3 Å². The molecule has 2 aliphatic heterocycles. The number of para-hydroxylation sites is 2. The molecule has 53 heavy (non-hydrogen) atoms. The molecule has 0 saturated heterocycles. The number of anilines is 5. The Bertz CT molecular complexity index is 2940. The van der Waals surface area contributed by atoms with Crippen molar-refractivity contribution in [2.75, 3.05) is 10.2 Å². The third-order valence-electron chi connectivity index (χ3n) is 11.2. The number of rotatable bonds is 4. The number of thiophene rings is 1. The third-order valence-corrected chi connectivity index (χ3v) is 13.6. The average molecular weight is 715 g/mol. The summed E-state index contributed by atoms with van der Waals surface area (Å²) >= 11 is 3.77. The summed E-state index contributed by atoms with van der Waals surface area (Å²) in [5.74, 6) is 0. The first kappa shape index (κ1) is 30.8. The van der Waals surface area contributed by atoms with Gasteiger partial charge in [0.2, 0.25) is 0 Å². The summed E-state index contributed by atoms with van der Waals surface area (Å²) in [6.45, 7) is 4.74. The van der Waals surface area contributed by atoms with Crippen LogP contribution in [-0.4, -0.2) is 0 Å². The second kappa shape index (κ2) is 11.6. The van der Waals surface area contributed by atoms with Crippen LogP contribution in [0.25, 0.3) is 53.2 Å². The first-order chi connectivity index (χ1) is 26.0. The highest BCUT2D eigenvalue weighted by Gasteiger charge is 2.41. The Hall–Kier alpha value is -5.81. The first-order valence-electron chi connectivity index (χ1n) is 18.2. The molecule has 0 radical (unpaired) electrons. The van der Waals surface area contributed by atoms with Crippen molar-refractivity contribution < 1.29 is 0 Å². The maximum atomic E-state index is 4.04. The SMILES string of the molecule is CC1(C)c2ccccc2N2c3cc4ccccc4c(-c4ccc(-c5ccccc5)cc4Nc4cccc5c4sc4ccccc45)c3Sc3cccc1c32. The molecule has 0 amide bonds. The lowest BCUT2D eigenvalue weighted by molar-refractivity contribution is 0.628. The molecule has 9 aromatic rings. The summed E-state index contributed by atoms with van der Waals surface area (Å²) in [6, 6.07) is 60.3. The van der Waals surface area contributed by atoms with E-state index in [1.165, 1.54) is 91.2 Å². The lowest BCUT2D eigenvalue weighted by atomic mass is 9.73. The molecule has 8 aromatic carbocycles. The molecule has 3 heterocycles. The number of nitrogens with zero attached hydrogens (tertiary/aromatic N) is 1. The molecule has 0 fully saturated rings. The van der Waals surface area contributed by atoms with Crippen molar-refractivity contribution >= 4 is 82.5 Å². The molecule has 0 unspecified atom stereocenters. The smallest absolute Gasteiger partial charge is 0.0642 e. The van der Waals surface area contributed by atoms with E-state index in [1.807, 2.05) is 23.1 Å². The van der Waals surface area contributed by atoms with Crippen LogP contribution in [0, 0.1) is 0 Å². The van der Waals surface area contributed by atoms with E-state index in [2.05, 4.69) is 188 Å². The van der Waals surface area contributed by atoms with Gasteiger partial charge in [-0.15, -0.1) is 11.3 Å². The normalized spacial score (nSPS) is 13.9. The molecule has 2 nitrogen and oxygen atoms in total. The minimum Gasteiger partial charge on any atom is -0.354 e. The fourth-order valence-electron chi connectivity index (χ4n) is 8.68. The second-order valence-corrected chi connectivity index (χ2v) is 16.7. The molecule has 0 bridgehead atoms. The van der Waals surface area contributed by atoms with Crippen LogP contribution in [0.4, 0.5) is 28.4 Å². The Morgan fingerprint density at radius 1 is 0.547 bits per heavy atom. The van der Waals surface area contributed by atoms with Gasteiger partial charge < -0.3 is 10.2 Å². The summed E-state index contributed by atoms with van der Waals surface area (Å²) in [4.78, 5) is 5.12. The number of nitrogens with one attached hydrogen (secondary N) is 1. The highest BCUT2D eigenvalue weighted by molar-refractivity contribution is 8.00. The van der Waals surface area contributed by atoms with Gasteiger partial charge in [-0.1, -0.05) is 153 Å². The van der Waals surface area contributed by atoms with Gasteiger partial charge in [0.1, 0.15) is 0 Å². The van der Waals surface area contributed by atoms with Crippen LogP contribution >= 0.6 is 23.1 Å². The summed E-state index contributed by atoms with van der Waals surface area (Å²) < 4.78 is 2.57. The molecule has 11 rings (SSSR count). The van der Waals surface area contributed by atoms with E-state index in [9.17, 15) is 0 Å². The number of fused-ring (bicyclic) bond motifs is 8. The van der Waals surface area contributed by atoms with Gasteiger partial charge in [-0.2, -0.15) is 0 Å². The molecule has 0 saturated carbocycles. The standard InChI is InChI=1S/C49H34N2S2/c1-49(2)37-20-9-10-23-41(37)51-42-29-32-16-6-7-17-33(32)45(48(42)53-44-25-13-21-38(49)46(44)51)36-27-26-31(30-14-4-3-5-15-30)28-40(36)50-39-22-12-19-35-34-18-8-11-24-43(34)52-47(35)39/h3-29,50H,1-2H3. The van der Waals surface area contributed by atoms with E-state index in [0.29, 0.717) is 0 Å². The predicted octanol–water partition coefficient (Wildman–Crippen LogP) is 14.9. The van der Waals surface area contributed by atoms with E-state index in [0.717, 1.165) is 11.4 Å². The van der Waals surface area contributed by atoms with Crippen molar-refractivity contribution in [1.82, 2.24) is 0 Å². The zero-order valence-electron chi connectivity index (χ0n) is 29.4. The van der Waals surface area contributed by atoms with Crippen LogP contribution in [0.15, 0.2) is 174 Å². The molecule has 0 atom stereocenters. The second-order valence-electron chi connectivity index (χ2n) is 14.6. The van der Waals surface area contributed by atoms with Gasteiger partial charge in [0, 0.05) is 47.5 Å². The lowest BCUT2D eigenvalue weighted by Crippen LogP contribution is -2.32. The fourth-order valence-corrected chi connectivity index (χ4v) is 11.1. The first-order valence-corrected chi connectivity index (χ1v) is 19.8. The monoisotopic (exact) mass is 714 g/mol. The maximum Gasteiger partial charge on any atom is 0.0642 e. The van der Waals surface area contributed by atoms with Gasteiger partial charge in [-0.3, -0.25) is 0 Å². The Kier molecular flexibility index (Phi) is 6.74. The summed E-state index contributed by atoms with van der Waals surface area (Å²) in [5, 5.41) is 9.10. The average Bonchev–Trinajstić information content (AvgIpc) is 3.59. The predicted molar refractivity (Wildman–Crippen MR) is 228 cm³/mol. The summed E-state index contributed by atoms with van der Waals surface area (Å²) in [6.07, 6.45) is 0. The van der Waals surface area contributed by atoms with Gasteiger partial charge in [0.25, 0.3) is 0 Å². The largest absolute Gasteiger partial charge is 0.354 e. The number of hydrogen-bond donors (Lipinski definition) is 1. The van der Waals surface area contributed by atoms with Crippen LogP contribution in [-0.2, 0) is 5.41 Å². The Labute approximate surface area is 317 Å². The molecule has 1 N–H and O–H groups in total. The number of benzene rings is 8. The Balaban J connectivity index is 1.19. The van der Waals surface area contributed by atoms with Gasteiger partial charge in [-0.05, 0) is 69.4 Å². The van der Waals surface area contributed by atoms with Crippen molar-refractivity contribution in [3.05, 3.63) is 175 Å². The molecular weight excluding hydrogens is 681 g/mol. The van der Waals surface area contributed by atoms with Crippen LogP contribution in [0.5, 0.6) is 0 Å². The highest BCUT2D eigenvalue weighted by atomic mass is 32.2. The van der Waals surface area contributed by atoms with Gasteiger partial charge in [-0.25, -0.2) is 0 Å². The Morgan fingerprint density at radius 3 is 2.19 bits per heavy atom. The molecule has 0 aliphatic carbocycles. The van der Waals surface area contributed by atoms with Crippen molar-refractivity contribution in [2.45, 2.75) is 29.1 Å². The lowest BCUT2D eigenvalue weighted by Gasteiger charge is -2.45. The van der Waals surface area contributed by atoms with Crippen LogP contribution in [0.2, 0.25) is 0 Å². The quantitative estimate of drug-likeness (QED) is 0.195. The molecular formula is C49H34N2S2. The molecule has 2 aliphatic rings. The van der Waals surface area contributed by atoms with E-state index >= 15 is 0 Å². The maximum absolute atomic E-state index is 4.04. The van der Waals surface area contributed by atoms with Gasteiger partial charge in [0.05, 0.1) is 27.4 Å². The molecule has 0 spiro atoms. The van der Waals surface area contributed by atoms with Crippen molar-refractivity contribution in [2.24, 2.45) is 0 Å². The molecule has 4 heteroatoms. The molecule has 252 valence electrons. The van der Waals surface area contributed by atoms with Crippen LogP contribution in [0.3, 0.4) is 0 Å². The van der Waals surface area contributed by atoms with E-state index in [1.54, 1.807) is 0 Å². The van der Waals surface area contributed by atoms with E-state index in [-0.39, 0.29) is 5.41 Å². The van der Waals surface area contributed by atoms with Gasteiger partial charge in [0.15, 0.2) is 0 Å². The summed E-state index contributed by atoms with van der Waals surface area (Å²) in [7, 11) is 0. The molecule has 1 aromatic heterocycles. The summed E-state index contributed by atoms with van der Waals surface area (Å²) in [5.41, 5.74) is 13.4.